The fourth-order valence-corrected chi connectivity index (χ4v) is 0.118. The van der Waals surface area contributed by atoms with E-state index in [0.717, 1.165) is 19.5 Å². The van der Waals surface area contributed by atoms with Gasteiger partial charge in [0, 0.05) is 13.8 Å². The van der Waals surface area contributed by atoms with Crippen LogP contribution in [0.5, 0.6) is 0 Å². The molecule has 6 nitrogen and oxygen atoms in total. The zero-order valence-corrected chi connectivity index (χ0v) is 8.25. The highest BCUT2D eigenvalue weighted by Crippen LogP contribution is 1.58. The maximum absolute atomic E-state index is 9.22. The first-order valence-corrected chi connectivity index (χ1v) is 3.80. The Labute approximate surface area is 78.6 Å². The van der Waals surface area contributed by atoms with E-state index in [9.17, 15) is 9.59 Å². The van der Waals surface area contributed by atoms with Gasteiger partial charge >= 0.3 is 0 Å². The van der Waals surface area contributed by atoms with Crippen molar-refractivity contribution in [1.82, 2.24) is 0 Å². The summed E-state index contributed by atoms with van der Waals surface area (Å²) in [6, 6.07) is 0. The summed E-state index contributed by atoms with van der Waals surface area (Å²) in [4.78, 5) is 18.4. The highest BCUT2D eigenvalue weighted by molar-refractivity contribution is 5.70. The Morgan fingerprint density at radius 1 is 0.923 bits per heavy atom. The van der Waals surface area contributed by atoms with Gasteiger partial charge in [0.15, 0.2) is 0 Å². The Balaban J connectivity index is -0.000000117. The molecule has 0 aromatic heterocycles. The van der Waals surface area contributed by atoms with Crippen LogP contribution in [0.4, 0.5) is 0 Å². The molecule has 0 rings (SSSR count). The van der Waals surface area contributed by atoms with Crippen LogP contribution in [0.25, 0.3) is 0 Å². The number of hydrogen-bond acceptors (Lipinski definition) is 4. The van der Waals surface area contributed by atoms with Gasteiger partial charge in [0.05, 0.1) is 0 Å². The van der Waals surface area contributed by atoms with Gasteiger partial charge in [0.1, 0.15) is 0 Å². The second-order valence-corrected chi connectivity index (χ2v) is 2.15. The predicted octanol–water partition coefficient (Wildman–Crippen LogP) is -1.72. The van der Waals surface area contributed by atoms with E-state index in [4.69, 9.17) is 11.5 Å². The van der Waals surface area contributed by atoms with Crippen LogP contribution in [0.3, 0.4) is 0 Å². The van der Waals surface area contributed by atoms with Gasteiger partial charge in [-0.05, 0) is 19.5 Å². The van der Waals surface area contributed by atoms with Crippen molar-refractivity contribution < 1.29 is 9.59 Å². The fraction of sp³-hybridized carbons (Fsp3) is 0.714. The molecule has 0 aromatic carbocycles. The summed E-state index contributed by atoms with van der Waals surface area (Å²) in [6.45, 7) is 4.05. The lowest BCUT2D eigenvalue weighted by atomic mass is 10.4. The number of rotatable bonds is 2. The molecule has 0 unspecified atom stereocenters. The van der Waals surface area contributed by atoms with Crippen LogP contribution in [-0.2, 0) is 9.59 Å². The maximum atomic E-state index is 9.22. The highest BCUT2D eigenvalue weighted by atomic mass is 16.1. The average Bonchev–Trinajstić information content (AvgIpc) is 1.86. The minimum absolute atomic E-state index is 0.333. The summed E-state index contributed by atoms with van der Waals surface area (Å²) >= 11 is 0. The quantitative estimate of drug-likeness (QED) is 0.413. The standard InChI is InChI=1S/C3H10N2.2C2H5NO/c4-2-1-3-5;2*1-2(3)4/h1-5H2;2*1H3,(H2,3,4). The van der Waals surface area contributed by atoms with Crippen LogP contribution in [0.2, 0.25) is 0 Å². The summed E-state index contributed by atoms with van der Waals surface area (Å²) in [7, 11) is 0. The largest absolute Gasteiger partial charge is 0.370 e. The molecule has 0 aromatic rings. The first-order chi connectivity index (χ1) is 5.88. The molecule has 0 aliphatic heterocycles. The molecule has 0 bridgehead atoms. The van der Waals surface area contributed by atoms with E-state index >= 15 is 0 Å². The summed E-state index contributed by atoms with van der Waals surface area (Å²) < 4.78 is 0. The molecule has 2 amide bonds. The third-order valence-electron chi connectivity index (χ3n) is 0.408. The fourth-order valence-electron chi connectivity index (χ4n) is 0.118. The number of nitrogens with two attached hydrogens (primary N) is 4. The highest BCUT2D eigenvalue weighted by Gasteiger charge is 1.67. The van der Waals surface area contributed by atoms with Gasteiger partial charge in [-0.15, -0.1) is 0 Å². The molecule has 0 aliphatic rings. The Hall–Kier alpha value is -1.14. The van der Waals surface area contributed by atoms with Gasteiger partial charge in [0.2, 0.25) is 11.8 Å². The van der Waals surface area contributed by atoms with Crippen LogP contribution >= 0.6 is 0 Å². The second kappa shape index (κ2) is 17.1. The Bertz CT molecular complexity index is 106. The second-order valence-electron chi connectivity index (χ2n) is 2.15. The minimum atomic E-state index is -0.333. The Morgan fingerprint density at radius 2 is 1.08 bits per heavy atom. The van der Waals surface area contributed by atoms with Crippen molar-refractivity contribution in [2.45, 2.75) is 20.3 Å². The van der Waals surface area contributed by atoms with E-state index in [0.29, 0.717) is 0 Å². The van der Waals surface area contributed by atoms with E-state index < -0.39 is 0 Å². The van der Waals surface area contributed by atoms with E-state index in [2.05, 4.69) is 11.5 Å². The first kappa shape index (κ1) is 17.8. The summed E-state index contributed by atoms with van der Waals surface area (Å²) in [5.74, 6) is -0.667. The molecule has 13 heavy (non-hydrogen) atoms. The van der Waals surface area contributed by atoms with Crippen molar-refractivity contribution in [2.75, 3.05) is 13.1 Å². The van der Waals surface area contributed by atoms with E-state index in [1.165, 1.54) is 13.8 Å². The van der Waals surface area contributed by atoms with Crippen molar-refractivity contribution in [3.63, 3.8) is 0 Å². The van der Waals surface area contributed by atoms with Crippen LogP contribution in [0.15, 0.2) is 0 Å². The monoisotopic (exact) mass is 192 g/mol. The molecular formula is C7H20N4O2. The third kappa shape index (κ3) is 1150. The molecule has 8 N–H and O–H groups in total. The molecule has 0 heterocycles. The molecule has 0 saturated carbocycles. The van der Waals surface area contributed by atoms with E-state index in [-0.39, 0.29) is 11.8 Å². The zero-order valence-electron chi connectivity index (χ0n) is 8.25. The topological polar surface area (TPSA) is 138 Å². The number of hydrogen-bond donors (Lipinski definition) is 4. The smallest absolute Gasteiger partial charge is 0.214 e. The van der Waals surface area contributed by atoms with Gasteiger partial charge in [-0.3, -0.25) is 9.59 Å². The third-order valence-corrected chi connectivity index (χ3v) is 0.408. The number of carbonyl (C=O) groups excluding carboxylic acids is 2. The van der Waals surface area contributed by atoms with E-state index in [1.807, 2.05) is 0 Å². The summed E-state index contributed by atoms with van der Waals surface area (Å²) in [5.41, 5.74) is 19.1. The number of carbonyl (C=O) groups is 2. The summed E-state index contributed by atoms with van der Waals surface area (Å²) in [5, 5.41) is 0. The van der Waals surface area contributed by atoms with Gasteiger partial charge in [0.25, 0.3) is 0 Å². The molecule has 6 heteroatoms. The Kier molecular flexibility index (Phi) is 23.4. The molecule has 0 aliphatic carbocycles. The lowest BCUT2D eigenvalue weighted by molar-refractivity contribution is -0.116. The predicted molar refractivity (Wildman–Crippen MR) is 52.5 cm³/mol. The molecule has 0 radical (unpaired) electrons. The maximum Gasteiger partial charge on any atom is 0.214 e. The molecular weight excluding hydrogens is 172 g/mol. The summed E-state index contributed by atoms with van der Waals surface area (Å²) in [6.07, 6.45) is 0.944. The van der Waals surface area contributed by atoms with Crippen LogP contribution in [-0.4, -0.2) is 24.9 Å². The van der Waals surface area contributed by atoms with Crippen molar-refractivity contribution in [3.05, 3.63) is 0 Å². The van der Waals surface area contributed by atoms with Gasteiger partial charge in [-0.2, -0.15) is 0 Å². The van der Waals surface area contributed by atoms with Gasteiger partial charge in [-0.1, -0.05) is 0 Å². The molecule has 0 atom stereocenters. The normalized spacial score (nSPS) is 7.08. The zero-order chi connectivity index (χ0) is 11.3. The SMILES string of the molecule is CC(N)=O.CC(N)=O.NCCCN. The first-order valence-electron chi connectivity index (χ1n) is 3.80. The molecule has 0 saturated heterocycles. The van der Waals surface area contributed by atoms with Crippen molar-refractivity contribution in [1.29, 1.82) is 0 Å². The molecule has 80 valence electrons. The number of amides is 2. The van der Waals surface area contributed by atoms with Crippen LogP contribution < -0.4 is 22.9 Å². The minimum Gasteiger partial charge on any atom is -0.370 e. The lowest BCUT2D eigenvalue weighted by Crippen LogP contribution is -2.06. The average molecular weight is 192 g/mol. The number of primary amides is 2. The lowest BCUT2D eigenvalue weighted by Gasteiger charge is -1.81. The van der Waals surface area contributed by atoms with Crippen LogP contribution in [0.1, 0.15) is 20.3 Å². The molecule has 0 spiro atoms. The Morgan fingerprint density at radius 3 is 1.08 bits per heavy atom. The van der Waals surface area contributed by atoms with E-state index in [1.54, 1.807) is 0 Å². The van der Waals surface area contributed by atoms with Crippen LogP contribution in [0, 0.1) is 0 Å². The van der Waals surface area contributed by atoms with Crippen molar-refractivity contribution in [2.24, 2.45) is 22.9 Å². The van der Waals surface area contributed by atoms with Crippen molar-refractivity contribution >= 4 is 11.8 Å². The molecule has 0 fully saturated rings. The van der Waals surface area contributed by atoms with Gasteiger partial charge < -0.3 is 22.9 Å². The van der Waals surface area contributed by atoms with Crippen molar-refractivity contribution in [3.8, 4) is 0 Å². The van der Waals surface area contributed by atoms with Gasteiger partial charge in [-0.25, -0.2) is 0 Å².